The van der Waals surface area contributed by atoms with E-state index in [1.54, 1.807) is 10.8 Å². The first-order valence-corrected chi connectivity index (χ1v) is 10.9. The normalized spacial score (nSPS) is 24.7. The molecular weight excluding hydrogens is 502 g/mol. The zero-order chi connectivity index (χ0) is 24.3. The maximum Gasteiger partial charge on any atom is 0.303 e. The Morgan fingerprint density at radius 2 is 1.48 bits per heavy atom. The summed E-state index contributed by atoms with van der Waals surface area (Å²) in [5.41, 5.74) is 0.741. The number of halogens is 1. The van der Waals surface area contributed by atoms with Crippen molar-refractivity contribution in [3.63, 3.8) is 0 Å². The molecular formula is C22H24BrNO9. The molecule has 2 heterocycles. The third-order valence-corrected chi connectivity index (χ3v) is 5.64. The third-order valence-electron chi connectivity index (χ3n) is 4.95. The lowest BCUT2D eigenvalue weighted by molar-refractivity contribution is -0.267. The zero-order valence-electron chi connectivity index (χ0n) is 18.5. The molecule has 33 heavy (non-hydrogen) atoms. The second-order valence-corrected chi connectivity index (χ2v) is 8.34. The maximum absolute atomic E-state index is 12.0. The van der Waals surface area contributed by atoms with Gasteiger partial charge in [0.25, 0.3) is 0 Å². The van der Waals surface area contributed by atoms with Crippen LogP contribution in [0.15, 0.2) is 34.9 Å². The minimum atomic E-state index is -1.22. The molecule has 0 bridgehead atoms. The van der Waals surface area contributed by atoms with Crippen LogP contribution >= 0.6 is 15.9 Å². The number of carbonyl (C=O) groups excluding carboxylic acids is 4. The van der Waals surface area contributed by atoms with Gasteiger partial charge < -0.3 is 28.3 Å². The van der Waals surface area contributed by atoms with E-state index in [1.807, 2.05) is 24.3 Å². The van der Waals surface area contributed by atoms with E-state index < -0.39 is 54.5 Å². The second-order valence-electron chi connectivity index (χ2n) is 7.49. The fraction of sp³-hybridized carbons (Fsp3) is 0.455. The first-order valence-electron chi connectivity index (χ1n) is 10.1. The van der Waals surface area contributed by atoms with Crippen LogP contribution in [0, 0.1) is 0 Å². The molecule has 1 aromatic carbocycles. The molecule has 0 N–H and O–H groups in total. The van der Waals surface area contributed by atoms with Crippen molar-refractivity contribution in [2.24, 2.45) is 0 Å². The summed E-state index contributed by atoms with van der Waals surface area (Å²) in [6.07, 6.45) is -3.85. The van der Waals surface area contributed by atoms with Gasteiger partial charge in [0.05, 0.1) is 5.52 Å². The first kappa shape index (κ1) is 24.7. The lowest BCUT2D eigenvalue weighted by Crippen LogP contribution is -2.60. The van der Waals surface area contributed by atoms with Gasteiger partial charge in [-0.05, 0) is 18.2 Å². The summed E-state index contributed by atoms with van der Waals surface area (Å²) in [5, 5.41) is 0.866. The molecule has 0 unspecified atom stereocenters. The largest absolute Gasteiger partial charge is 0.463 e. The molecule has 2 aromatic rings. The first-order chi connectivity index (χ1) is 15.6. The summed E-state index contributed by atoms with van der Waals surface area (Å²) < 4.78 is 30.3. The lowest BCUT2D eigenvalue weighted by atomic mass is 9.97. The number of fused-ring (bicyclic) bond motifs is 1. The third kappa shape index (κ3) is 5.72. The van der Waals surface area contributed by atoms with Crippen molar-refractivity contribution in [2.45, 2.75) is 58.3 Å². The van der Waals surface area contributed by atoms with Crippen LogP contribution in [0.4, 0.5) is 0 Å². The molecule has 1 aliphatic rings. The van der Waals surface area contributed by atoms with E-state index in [1.165, 1.54) is 27.7 Å². The highest BCUT2D eigenvalue weighted by molar-refractivity contribution is 9.10. The summed E-state index contributed by atoms with van der Waals surface area (Å²) in [6.45, 7) is 4.51. The molecule has 1 aromatic heterocycles. The average Bonchev–Trinajstić information content (AvgIpc) is 3.14. The summed E-state index contributed by atoms with van der Waals surface area (Å²) in [5.74, 6) is -2.58. The SMILES string of the molecule is CC(=O)OC[C@H]1O[C@@H](n2ccc3c(Br)cccc32)[C@H](OC(C)=O)[C@@H](OC(C)=O)[C@@H]1OC(C)=O. The number of benzene rings is 1. The predicted octanol–water partition coefficient (Wildman–Crippen LogP) is 2.66. The van der Waals surface area contributed by atoms with E-state index in [0.29, 0.717) is 0 Å². The Kier molecular flexibility index (Phi) is 7.75. The smallest absolute Gasteiger partial charge is 0.303 e. The van der Waals surface area contributed by atoms with Crippen molar-refractivity contribution in [3.05, 3.63) is 34.9 Å². The molecule has 1 fully saturated rings. The Bertz CT molecular complexity index is 1070. The van der Waals surface area contributed by atoms with Gasteiger partial charge in [0, 0.05) is 43.8 Å². The summed E-state index contributed by atoms with van der Waals surface area (Å²) in [7, 11) is 0. The Hall–Kier alpha value is -2.92. The Balaban J connectivity index is 2.13. The molecule has 11 heteroatoms. The van der Waals surface area contributed by atoms with Crippen LogP contribution in [0.3, 0.4) is 0 Å². The molecule has 0 aliphatic carbocycles. The number of hydrogen-bond donors (Lipinski definition) is 0. The fourth-order valence-corrected chi connectivity index (χ4v) is 4.29. The Morgan fingerprint density at radius 1 is 0.879 bits per heavy atom. The van der Waals surface area contributed by atoms with Gasteiger partial charge >= 0.3 is 23.9 Å². The summed E-state index contributed by atoms with van der Waals surface area (Å²) in [4.78, 5) is 47.2. The van der Waals surface area contributed by atoms with E-state index in [4.69, 9.17) is 23.7 Å². The van der Waals surface area contributed by atoms with Crippen LogP contribution in [-0.2, 0) is 42.9 Å². The van der Waals surface area contributed by atoms with Crippen LogP contribution in [0.1, 0.15) is 33.9 Å². The van der Waals surface area contributed by atoms with Gasteiger partial charge in [0.15, 0.2) is 24.5 Å². The number of carbonyl (C=O) groups is 4. The van der Waals surface area contributed by atoms with Gasteiger partial charge in [0.1, 0.15) is 12.7 Å². The number of rotatable bonds is 6. The van der Waals surface area contributed by atoms with Crippen LogP contribution in [0.25, 0.3) is 10.9 Å². The van der Waals surface area contributed by atoms with Crippen LogP contribution in [-0.4, -0.2) is 59.5 Å². The number of esters is 4. The van der Waals surface area contributed by atoms with Crippen molar-refractivity contribution in [1.29, 1.82) is 0 Å². The average molecular weight is 526 g/mol. The lowest BCUT2D eigenvalue weighted by Gasteiger charge is -2.44. The van der Waals surface area contributed by atoms with Gasteiger partial charge in [0.2, 0.25) is 0 Å². The molecule has 0 amide bonds. The van der Waals surface area contributed by atoms with Crippen molar-refractivity contribution in [2.75, 3.05) is 6.61 Å². The molecule has 178 valence electrons. The van der Waals surface area contributed by atoms with Crippen molar-refractivity contribution >= 4 is 50.7 Å². The number of hydrogen-bond acceptors (Lipinski definition) is 9. The van der Waals surface area contributed by atoms with E-state index in [-0.39, 0.29) is 6.61 Å². The Morgan fingerprint density at radius 3 is 2.09 bits per heavy atom. The molecule has 3 rings (SSSR count). The zero-order valence-corrected chi connectivity index (χ0v) is 20.1. The summed E-state index contributed by atoms with van der Waals surface area (Å²) >= 11 is 3.50. The quantitative estimate of drug-likeness (QED) is 0.413. The topological polar surface area (TPSA) is 119 Å². The number of aromatic nitrogens is 1. The highest BCUT2D eigenvalue weighted by Crippen LogP contribution is 2.37. The maximum atomic E-state index is 12.0. The highest BCUT2D eigenvalue weighted by Gasteiger charge is 2.53. The van der Waals surface area contributed by atoms with E-state index in [0.717, 1.165) is 15.4 Å². The van der Waals surface area contributed by atoms with Crippen molar-refractivity contribution in [1.82, 2.24) is 4.57 Å². The standard InChI is InChI=1S/C22H24BrNO9/c1-11(25)29-10-18-19(30-12(2)26)20(31-13(3)27)21(32-14(4)28)22(33-18)24-9-8-15-16(23)6-5-7-17(15)24/h5-9,18-22H,10H2,1-4H3/t18-,19-,20+,21-,22-/m1/s1. The number of ether oxygens (including phenoxy) is 5. The van der Waals surface area contributed by atoms with Crippen LogP contribution in [0.5, 0.6) is 0 Å². The van der Waals surface area contributed by atoms with Crippen molar-refractivity contribution < 1.29 is 42.9 Å². The minimum Gasteiger partial charge on any atom is -0.463 e. The highest BCUT2D eigenvalue weighted by atomic mass is 79.9. The van der Waals surface area contributed by atoms with Crippen LogP contribution < -0.4 is 0 Å². The summed E-state index contributed by atoms with van der Waals surface area (Å²) in [6, 6.07) is 7.38. The van der Waals surface area contributed by atoms with Gasteiger partial charge in [-0.3, -0.25) is 19.2 Å². The molecule has 10 nitrogen and oxygen atoms in total. The van der Waals surface area contributed by atoms with E-state index in [9.17, 15) is 19.2 Å². The fourth-order valence-electron chi connectivity index (χ4n) is 3.80. The Labute approximate surface area is 198 Å². The van der Waals surface area contributed by atoms with Gasteiger partial charge in [-0.1, -0.05) is 22.0 Å². The molecule has 0 radical (unpaired) electrons. The molecule has 0 saturated carbocycles. The predicted molar refractivity (Wildman–Crippen MR) is 117 cm³/mol. The van der Waals surface area contributed by atoms with Crippen LogP contribution in [0.2, 0.25) is 0 Å². The minimum absolute atomic E-state index is 0.281. The monoisotopic (exact) mass is 525 g/mol. The van der Waals surface area contributed by atoms with E-state index >= 15 is 0 Å². The van der Waals surface area contributed by atoms with Crippen molar-refractivity contribution in [3.8, 4) is 0 Å². The molecule has 1 saturated heterocycles. The molecule has 5 atom stereocenters. The number of nitrogens with zero attached hydrogens (tertiary/aromatic N) is 1. The van der Waals surface area contributed by atoms with E-state index in [2.05, 4.69) is 15.9 Å². The second kappa shape index (κ2) is 10.3. The van der Waals surface area contributed by atoms with Gasteiger partial charge in [-0.25, -0.2) is 0 Å². The van der Waals surface area contributed by atoms with Gasteiger partial charge in [-0.2, -0.15) is 0 Å². The molecule has 1 aliphatic heterocycles. The van der Waals surface area contributed by atoms with Gasteiger partial charge in [-0.15, -0.1) is 0 Å². The molecule has 0 spiro atoms.